The maximum Gasteiger partial charge on any atom is 0.280 e. The van der Waals surface area contributed by atoms with E-state index in [4.69, 9.17) is 23.2 Å². The summed E-state index contributed by atoms with van der Waals surface area (Å²) in [6, 6.07) is 8.98. The molecule has 0 aliphatic carbocycles. The van der Waals surface area contributed by atoms with Crippen molar-refractivity contribution in [2.75, 3.05) is 0 Å². The molecule has 4 nitrogen and oxygen atoms in total. The Morgan fingerprint density at radius 3 is 2.83 bits per heavy atom. The first-order valence-electron chi connectivity index (χ1n) is 6.71. The summed E-state index contributed by atoms with van der Waals surface area (Å²) in [5.41, 5.74) is 2.49. The molecule has 0 radical (unpaired) electrons. The van der Waals surface area contributed by atoms with Crippen LogP contribution >= 0.6 is 34.5 Å². The first-order valence-corrected chi connectivity index (χ1v) is 8.35. The van der Waals surface area contributed by atoms with E-state index >= 15 is 0 Å². The van der Waals surface area contributed by atoms with Crippen LogP contribution in [-0.2, 0) is 6.54 Å². The molecule has 0 unspecified atom stereocenters. The van der Waals surface area contributed by atoms with Crippen LogP contribution in [0.25, 0.3) is 11.3 Å². The zero-order valence-electron chi connectivity index (χ0n) is 11.8. The average molecular weight is 364 g/mol. The molecular formula is C16H11Cl2N3OS. The van der Waals surface area contributed by atoms with Crippen molar-refractivity contribution in [2.24, 2.45) is 0 Å². The number of rotatable bonds is 4. The second kappa shape index (κ2) is 7.08. The molecule has 0 fully saturated rings. The standard InChI is InChI=1S/C16H11Cl2N3OS/c17-12-4-3-10(6-13(12)18)7-20-15(22)16-21-14(9-23-16)11-2-1-5-19-8-11/h1-6,8-9H,7H2,(H,20,22). The minimum Gasteiger partial charge on any atom is -0.346 e. The van der Waals surface area contributed by atoms with E-state index in [-0.39, 0.29) is 5.91 Å². The molecule has 0 saturated carbocycles. The van der Waals surface area contributed by atoms with Crippen LogP contribution in [0.4, 0.5) is 0 Å². The van der Waals surface area contributed by atoms with Crippen LogP contribution in [0, 0.1) is 0 Å². The molecular weight excluding hydrogens is 353 g/mol. The van der Waals surface area contributed by atoms with Crippen LogP contribution in [0.15, 0.2) is 48.1 Å². The summed E-state index contributed by atoms with van der Waals surface area (Å²) in [5.74, 6) is -0.226. The second-order valence-electron chi connectivity index (χ2n) is 4.71. The highest BCUT2D eigenvalue weighted by Gasteiger charge is 2.12. The van der Waals surface area contributed by atoms with Gasteiger partial charge in [-0.1, -0.05) is 29.3 Å². The lowest BCUT2D eigenvalue weighted by molar-refractivity contribution is 0.0950. The van der Waals surface area contributed by atoms with Crippen molar-refractivity contribution < 1.29 is 4.79 Å². The first kappa shape index (κ1) is 15.9. The Balaban J connectivity index is 1.67. The van der Waals surface area contributed by atoms with Crippen LogP contribution in [-0.4, -0.2) is 15.9 Å². The molecule has 2 aromatic heterocycles. The monoisotopic (exact) mass is 363 g/mol. The van der Waals surface area contributed by atoms with Crippen LogP contribution in [0.5, 0.6) is 0 Å². The highest BCUT2D eigenvalue weighted by molar-refractivity contribution is 7.12. The van der Waals surface area contributed by atoms with Gasteiger partial charge in [0.15, 0.2) is 5.01 Å². The molecule has 0 aliphatic rings. The Morgan fingerprint density at radius 1 is 1.22 bits per heavy atom. The van der Waals surface area contributed by atoms with Gasteiger partial charge >= 0.3 is 0 Å². The van der Waals surface area contributed by atoms with Crippen LogP contribution in [0.2, 0.25) is 10.0 Å². The maximum absolute atomic E-state index is 12.2. The molecule has 7 heteroatoms. The van der Waals surface area contributed by atoms with E-state index in [0.29, 0.717) is 21.6 Å². The predicted octanol–water partition coefficient (Wildman–Crippen LogP) is 4.44. The van der Waals surface area contributed by atoms with Crippen molar-refractivity contribution in [3.05, 3.63) is 68.7 Å². The van der Waals surface area contributed by atoms with Gasteiger partial charge in [-0.2, -0.15) is 0 Å². The number of aromatic nitrogens is 2. The molecule has 2 heterocycles. The largest absolute Gasteiger partial charge is 0.346 e. The number of halogens is 2. The fraction of sp³-hybridized carbons (Fsp3) is 0.0625. The van der Waals surface area contributed by atoms with Crippen molar-refractivity contribution >= 4 is 40.4 Å². The number of nitrogens with zero attached hydrogens (tertiary/aromatic N) is 2. The van der Waals surface area contributed by atoms with Gasteiger partial charge in [-0.25, -0.2) is 4.98 Å². The number of pyridine rings is 1. The number of hydrogen-bond donors (Lipinski definition) is 1. The minimum atomic E-state index is -0.226. The van der Waals surface area contributed by atoms with E-state index in [1.807, 2.05) is 23.6 Å². The molecule has 0 aliphatic heterocycles. The first-order chi connectivity index (χ1) is 11.1. The third kappa shape index (κ3) is 3.88. The van der Waals surface area contributed by atoms with Gasteiger partial charge in [0.05, 0.1) is 15.7 Å². The molecule has 1 amide bonds. The molecule has 1 aromatic carbocycles. The third-order valence-corrected chi connectivity index (χ3v) is 4.67. The summed E-state index contributed by atoms with van der Waals surface area (Å²) in [4.78, 5) is 20.6. The summed E-state index contributed by atoms with van der Waals surface area (Å²) in [6.07, 6.45) is 3.41. The number of nitrogens with one attached hydrogen (secondary N) is 1. The lowest BCUT2D eigenvalue weighted by Gasteiger charge is -2.04. The van der Waals surface area contributed by atoms with Gasteiger partial charge in [0.25, 0.3) is 5.91 Å². The normalized spacial score (nSPS) is 10.5. The lowest BCUT2D eigenvalue weighted by atomic mass is 10.2. The third-order valence-electron chi connectivity index (χ3n) is 3.09. The topological polar surface area (TPSA) is 54.9 Å². The summed E-state index contributed by atoms with van der Waals surface area (Å²) in [6.45, 7) is 0.359. The number of hydrogen-bond acceptors (Lipinski definition) is 4. The van der Waals surface area contributed by atoms with E-state index in [2.05, 4.69) is 15.3 Å². The summed E-state index contributed by atoms with van der Waals surface area (Å²) < 4.78 is 0. The Bertz CT molecular complexity index is 836. The molecule has 0 atom stereocenters. The number of carbonyl (C=O) groups is 1. The van der Waals surface area contributed by atoms with Gasteiger partial charge in [0.2, 0.25) is 0 Å². The van der Waals surface area contributed by atoms with E-state index in [1.165, 1.54) is 11.3 Å². The van der Waals surface area contributed by atoms with Crippen molar-refractivity contribution in [3.8, 4) is 11.3 Å². The van der Waals surface area contributed by atoms with Gasteiger partial charge in [-0.15, -0.1) is 11.3 Å². The Hall–Kier alpha value is -1.95. The average Bonchev–Trinajstić information content (AvgIpc) is 3.06. The van der Waals surface area contributed by atoms with Crippen molar-refractivity contribution in [1.82, 2.24) is 15.3 Å². The zero-order chi connectivity index (χ0) is 16.2. The maximum atomic E-state index is 12.2. The van der Waals surface area contributed by atoms with Crippen LogP contribution < -0.4 is 5.32 Å². The number of amides is 1. The Morgan fingerprint density at radius 2 is 2.09 bits per heavy atom. The van der Waals surface area contributed by atoms with Crippen LogP contribution in [0.1, 0.15) is 15.4 Å². The summed E-state index contributed by atoms with van der Waals surface area (Å²) in [5, 5.41) is 6.02. The molecule has 3 aromatic rings. The Kier molecular flexibility index (Phi) is 4.91. The number of carbonyl (C=O) groups excluding carboxylic acids is 1. The van der Waals surface area contributed by atoms with Gasteiger partial charge < -0.3 is 5.32 Å². The fourth-order valence-electron chi connectivity index (χ4n) is 1.93. The highest BCUT2D eigenvalue weighted by Crippen LogP contribution is 2.23. The van der Waals surface area contributed by atoms with Gasteiger partial charge in [0, 0.05) is 29.9 Å². The summed E-state index contributed by atoms with van der Waals surface area (Å²) in [7, 11) is 0. The molecule has 0 spiro atoms. The van der Waals surface area contributed by atoms with E-state index in [0.717, 1.165) is 16.8 Å². The van der Waals surface area contributed by atoms with E-state index in [9.17, 15) is 4.79 Å². The van der Waals surface area contributed by atoms with Crippen molar-refractivity contribution in [1.29, 1.82) is 0 Å². The zero-order valence-corrected chi connectivity index (χ0v) is 14.1. The molecule has 116 valence electrons. The van der Waals surface area contributed by atoms with Gasteiger partial charge in [-0.3, -0.25) is 9.78 Å². The van der Waals surface area contributed by atoms with Crippen molar-refractivity contribution in [3.63, 3.8) is 0 Å². The van der Waals surface area contributed by atoms with Gasteiger partial charge in [-0.05, 0) is 29.8 Å². The van der Waals surface area contributed by atoms with Crippen molar-refractivity contribution in [2.45, 2.75) is 6.54 Å². The minimum absolute atomic E-state index is 0.226. The molecule has 1 N–H and O–H groups in total. The molecule has 0 bridgehead atoms. The molecule has 3 rings (SSSR count). The number of thiazole rings is 1. The van der Waals surface area contributed by atoms with E-state index in [1.54, 1.807) is 24.5 Å². The quantitative estimate of drug-likeness (QED) is 0.745. The molecule has 0 saturated heterocycles. The summed E-state index contributed by atoms with van der Waals surface area (Å²) >= 11 is 13.1. The van der Waals surface area contributed by atoms with E-state index < -0.39 is 0 Å². The SMILES string of the molecule is O=C(NCc1ccc(Cl)c(Cl)c1)c1nc(-c2cccnc2)cs1. The fourth-order valence-corrected chi connectivity index (χ4v) is 3.00. The van der Waals surface area contributed by atoms with Gasteiger partial charge in [0.1, 0.15) is 0 Å². The molecule has 23 heavy (non-hydrogen) atoms. The highest BCUT2D eigenvalue weighted by atomic mass is 35.5. The van der Waals surface area contributed by atoms with Crippen LogP contribution in [0.3, 0.4) is 0 Å². The second-order valence-corrected chi connectivity index (χ2v) is 6.38. The number of benzene rings is 1. The Labute approximate surface area is 147 Å². The predicted molar refractivity (Wildman–Crippen MR) is 93.0 cm³/mol. The lowest BCUT2D eigenvalue weighted by Crippen LogP contribution is -2.22. The smallest absolute Gasteiger partial charge is 0.280 e.